The fourth-order valence-corrected chi connectivity index (χ4v) is 3.06. The fourth-order valence-electron chi connectivity index (χ4n) is 3.06. The standard InChI is InChI=1S/C18H18O5/c1-21-15-8-12-14(20)9-13(19)10-6-4-5-7-11(10)16(12)18(23-3)17(15)22-2/h4-8,14,20H,9H2,1-3H3. The Balaban J connectivity index is 2.43. The Hall–Kier alpha value is -2.53. The van der Waals surface area contributed by atoms with Crippen LogP contribution in [0.1, 0.15) is 28.4 Å². The summed E-state index contributed by atoms with van der Waals surface area (Å²) < 4.78 is 16.3. The third-order valence-corrected chi connectivity index (χ3v) is 4.10. The average molecular weight is 314 g/mol. The lowest BCUT2D eigenvalue weighted by Crippen LogP contribution is -2.05. The van der Waals surface area contributed by atoms with Crippen LogP contribution in [0.2, 0.25) is 0 Å². The Morgan fingerprint density at radius 1 is 1.00 bits per heavy atom. The molecule has 0 aliphatic heterocycles. The number of benzene rings is 2. The topological polar surface area (TPSA) is 65.0 Å². The number of carbonyl (C=O) groups excluding carboxylic acids is 1. The number of aliphatic hydroxyl groups excluding tert-OH is 1. The van der Waals surface area contributed by atoms with Crippen molar-refractivity contribution in [3.8, 4) is 28.4 Å². The number of aliphatic hydroxyl groups is 1. The Bertz CT molecular complexity index is 766. The van der Waals surface area contributed by atoms with Crippen LogP contribution in [0.15, 0.2) is 30.3 Å². The van der Waals surface area contributed by atoms with Crippen molar-refractivity contribution in [2.75, 3.05) is 21.3 Å². The van der Waals surface area contributed by atoms with Crippen molar-refractivity contribution in [3.63, 3.8) is 0 Å². The summed E-state index contributed by atoms with van der Waals surface area (Å²) in [6.07, 6.45) is -0.915. The van der Waals surface area contributed by atoms with Crippen LogP contribution >= 0.6 is 0 Å². The highest BCUT2D eigenvalue weighted by Crippen LogP contribution is 2.50. The molecule has 23 heavy (non-hydrogen) atoms. The maximum Gasteiger partial charge on any atom is 0.203 e. The van der Waals surface area contributed by atoms with Gasteiger partial charge in [0.25, 0.3) is 0 Å². The molecular formula is C18H18O5. The van der Waals surface area contributed by atoms with Gasteiger partial charge in [0.2, 0.25) is 5.75 Å². The molecule has 0 saturated carbocycles. The van der Waals surface area contributed by atoms with Crippen LogP contribution in [-0.4, -0.2) is 32.2 Å². The summed E-state index contributed by atoms with van der Waals surface area (Å²) in [5.41, 5.74) is 2.55. The number of ether oxygens (including phenoxy) is 3. The van der Waals surface area contributed by atoms with E-state index in [0.717, 1.165) is 5.56 Å². The zero-order chi connectivity index (χ0) is 16.6. The van der Waals surface area contributed by atoms with Crippen LogP contribution in [-0.2, 0) is 0 Å². The maximum atomic E-state index is 12.4. The summed E-state index contributed by atoms with van der Waals surface area (Å²) in [5.74, 6) is 1.23. The minimum Gasteiger partial charge on any atom is -0.493 e. The molecule has 0 amide bonds. The molecule has 5 heteroatoms. The first-order chi connectivity index (χ1) is 11.1. The molecule has 1 N–H and O–H groups in total. The van der Waals surface area contributed by atoms with Gasteiger partial charge in [-0.25, -0.2) is 0 Å². The summed E-state index contributed by atoms with van der Waals surface area (Å²) in [7, 11) is 4.57. The van der Waals surface area contributed by atoms with Crippen molar-refractivity contribution in [1.82, 2.24) is 0 Å². The van der Waals surface area contributed by atoms with Gasteiger partial charge in [0.15, 0.2) is 17.3 Å². The summed E-state index contributed by atoms with van der Waals surface area (Å²) in [4.78, 5) is 12.4. The first kappa shape index (κ1) is 15.4. The molecule has 1 unspecified atom stereocenters. The van der Waals surface area contributed by atoms with Gasteiger partial charge in [-0.1, -0.05) is 24.3 Å². The van der Waals surface area contributed by atoms with Gasteiger partial charge in [0.1, 0.15) is 0 Å². The monoisotopic (exact) mass is 314 g/mol. The second-order valence-electron chi connectivity index (χ2n) is 5.30. The predicted octanol–water partition coefficient (Wildman–Crippen LogP) is 3.00. The lowest BCUT2D eigenvalue weighted by Gasteiger charge is -2.20. The van der Waals surface area contributed by atoms with Crippen LogP contribution in [0, 0.1) is 0 Å². The van der Waals surface area contributed by atoms with Crippen LogP contribution in [0.3, 0.4) is 0 Å². The quantitative estimate of drug-likeness (QED) is 0.943. The van der Waals surface area contributed by atoms with Crippen molar-refractivity contribution in [2.45, 2.75) is 12.5 Å². The van der Waals surface area contributed by atoms with E-state index in [1.54, 1.807) is 18.2 Å². The third kappa shape index (κ3) is 2.33. The van der Waals surface area contributed by atoms with E-state index in [0.29, 0.717) is 33.9 Å². The molecule has 0 fully saturated rings. The van der Waals surface area contributed by atoms with E-state index in [9.17, 15) is 9.90 Å². The molecule has 0 saturated heterocycles. The molecule has 1 aliphatic carbocycles. The third-order valence-electron chi connectivity index (χ3n) is 4.10. The number of rotatable bonds is 3. The molecule has 2 aromatic carbocycles. The fraction of sp³-hybridized carbons (Fsp3) is 0.278. The minimum absolute atomic E-state index is 0.0165. The summed E-state index contributed by atoms with van der Waals surface area (Å²) >= 11 is 0. The molecule has 120 valence electrons. The Labute approximate surface area is 134 Å². The Kier molecular flexibility index (Phi) is 3.96. The average Bonchev–Trinajstić information content (AvgIpc) is 2.68. The summed E-state index contributed by atoms with van der Waals surface area (Å²) in [6.45, 7) is 0. The van der Waals surface area contributed by atoms with Crippen molar-refractivity contribution in [3.05, 3.63) is 41.5 Å². The molecule has 1 atom stereocenters. The summed E-state index contributed by atoms with van der Waals surface area (Å²) in [6, 6.07) is 8.97. The highest BCUT2D eigenvalue weighted by Gasteiger charge is 2.31. The SMILES string of the molecule is COc1cc2c(c(OC)c1OC)-c1ccccc1C(=O)CC2O. The molecule has 0 spiro atoms. The van der Waals surface area contributed by atoms with Gasteiger partial charge in [-0.05, 0) is 17.2 Å². The van der Waals surface area contributed by atoms with E-state index in [4.69, 9.17) is 14.2 Å². The summed E-state index contributed by atoms with van der Waals surface area (Å²) in [5, 5.41) is 10.5. The van der Waals surface area contributed by atoms with E-state index in [2.05, 4.69) is 0 Å². The van der Waals surface area contributed by atoms with Crippen molar-refractivity contribution in [1.29, 1.82) is 0 Å². The van der Waals surface area contributed by atoms with E-state index in [1.165, 1.54) is 21.3 Å². The Morgan fingerprint density at radius 3 is 2.26 bits per heavy atom. The highest BCUT2D eigenvalue weighted by atomic mass is 16.5. The lowest BCUT2D eigenvalue weighted by molar-refractivity contribution is 0.0885. The van der Waals surface area contributed by atoms with Gasteiger partial charge < -0.3 is 19.3 Å². The van der Waals surface area contributed by atoms with Gasteiger partial charge in [0, 0.05) is 17.5 Å². The molecule has 0 radical (unpaired) electrons. The lowest BCUT2D eigenvalue weighted by atomic mass is 9.94. The maximum absolute atomic E-state index is 12.4. The number of Topliss-reactive ketones (excluding diaryl/α,β-unsaturated/α-hetero) is 1. The van der Waals surface area contributed by atoms with Gasteiger partial charge >= 0.3 is 0 Å². The second-order valence-corrected chi connectivity index (χ2v) is 5.30. The number of ketones is 1. The molecule has 3 rings (SSSR count). The number of hydrogen-bond donors (Lipinski definition) is 1. The predicted molar refractivity (Wildman–Crippen MR) is 85.4 cm³/mol. The zero-order valence-corrected chi connectivity index (χ0v) is 13.3. The van der Waals surface area contributed by atoms with Crippen molar-refractivity contribution in [2.24, 2.45) is 0 Å². The Morgan fingerprint density at radius 2 is 1.65 bits per heavy atom. The smallest absolute Gasteiger partial charge is 0.203 e. The van der Waals surface area contributed by atoms with Crippen molar-refractivity contribution >= 4 is 5.78 Å². The van der Waals surface area contributed by atoms with Gasteiger partial charge in [-0.2, -0.15) is 0 Å². The second kappa shape index (κ2) is 5.93. The van der Waals surface area contributed by atoms with Crippen LogP contribution < -0.4 is 14.2 Å². The first-order valence-electron chi connectivity index (χ1n) is 7.25. The van der Waals surface area contributed by atoms with E-state index in [1.807, 2.05) is 12.1 Å². The first-order valence-corrected chi connectivity index (χ1v) is 7.25. The number of hydrogen-bond acceptors (Lipinski definition) is 5. The van der Waals surface area contributed by atoms with Crippen LogP contribution in [0.4, 0.5) is 0 Å². The molecule has 0 aromatic heterocycles. The highest BCUT2D eigenvalue weighted by molar-refractivity contribution is 6.05. The zero-order valence-electron chi connectivity index (χ0n) is 13.3. The van der Waals surface area contributed by atoms with Gasteiger partial charge in [0.05, 0.1) is 27.4 Å². The molecule has 0 heterocycles. The normalized spacial score (nSPS) is 16.2. The molecular weight excluding hydrogens is 296 g/mol. The molecule has 2 aromatic rings. The largest absolute Gasteiger partial charge is 0.493 e. The van der Waals surface area contributed by atoms with Crippen LogP contribution in [0.5, 0.6) is 17.2 Å². The minimum atomic E-state index is -0.932. The number of fused-ring (bicyclic) bond motifs is 3. The number of carbonyl (C=O) groups is 1. The van der Waals surface area contributed by atoms with E-state index < -0.39 is 6.10 Å². The van der Waals surface area contributed by atoms with Crippen molar-refractivity contribution < 1.29 is 24.1 Å². The van der Waals surface area contributed by atoms with E-state index in [-0.39, 0.29) is 12.2 Å². The molecule has 1 aliphatic rings. The number of methoxy groups -OCH3 is 3. The van der Waals surface area contributed by atoms with Crippen LogP contribution in [0.25, 0.3) is 11.1 Å². The molecule has 5 nitrogen and oxygen atoms in total. The molecule has 0 bridgehead atoms. The van der Waals surface area contributed by atoms with Gasteiger partial charge in [-0.3, -0.25) is 4.79 Å². The van der Waals surface area contributed by atoms with Gasteiger partial charge in [-0.15, -0.1) is 0 Å². The van der Waals surface area contributed by atoms with E-state index >= 15 is 0 Å².